The minimum absolute atomic E-state index is 0.313. The average Bonchev–Trinajstić information content (AvgIpc) is 3.19. The maximum absolute atomic E-state index is 12.6. The molecule has 1 aliphatic rings. The molecule has 0 aliphatic carbocycles. The number of carbonyl (C=O) groups is 3. The summed E-state index contributed by atoms with van der Waals surface area (Å²) in [5.74, 6) is -0.771. The van der Waals surface area contributed by atoms with E-state index in [1.54, 1.807) is 17.4 Å². The quantitative estimate of drug-likeness (QED) is 0.746. The van der Waals surface area contributed by atoms with Crippen molar-refractivity contribution < 1.29 is 14.4 Å². The number of hydrogen-bond donors (Lipinski definition) is 2. The Bertz CT molecular complexity index is 889. The number of hydrogen-bond acceptors (Lipinski definition) is 5. The van der Waals surface area contributed by atoms with Crippen LogP contribution in [0, 0.1) is 6.92 Å². The molecule has 8 heteroatoms. The van der Waals surface area contributed by atoms with Crippen LogP contribution in [0.15, 0.2) is 29.6 Å². The second kappa shape index (κ2) is 7.48. The molecular formula is C19H22N4O3S. The van der Waals surface area contributed by atoms with E-state index in [2.05, 4.69) is 15.6 Å². The number of aromatic nitrogens is 1. The van der Waals surface area contributed by atoms with Gasteiger partial charge in [0.25, 0.3) is 5.91 Å². The van der Waals surface area contributed by atoms with Gasteiger partial charge in [0.05, 0.1) is 10.7 Å². The highest BCUT2D eigenvalue weighted by molar-refractivity contribution is 7.09. The largest absolute Gasteiger partial charge is 0.325 e. The van der Waals surface area contributed by atoms with Gasteiger partial charge in [-0.05, 0) is 31.9 Å². The van der Waals surface area contributed by atoms with Gasteiger partial charge in [0.15, 0.2) is 0 Å². The summed E-state index contributed by atoms with van der Waals surface area (Å²) in [5.41, 5.74) is 1.42. The van der Waals surface area contributed by atoms with E-state index in [0.717, 1.165) is 21.2 Å². The van der Waals surface area contributed by atoms with Crippen LogP contribution in [0.4, 0.5) is 10.5 Å². The molecule has 0 spiro atoms. The van der Waals surface area contributed by atoms with Gasteiger partial charge in [0.1, 0.15) is 12.1 Å². The topological polar surface area (TPSA) is 91.4 Å². The third kappa shape index (κ3) is 3.71. The Balaban J connectivity index is 1.70. The van der Waals surface area contributed by atoms with Gasteiger partial charge in [-0.1, -0.05) is 26.0 Å². The van der Waals surface area contributed by atoms with Crippen molar-refractivity contribution in [2.45, 2.75) is 39.2 Å². The predicted molar refractivity (Wildman–Crippen MR) is 104 cm³/mol. The number of nitrogens with zero attached hydrogens (tertiary/aromatic N) is 2. The second-order valence-corrected chi connectivity index (χ2v) is 7.55. The molecule has 1 aromatic heterocycles. The predicted octanol–water partition coefficient (Wildman–Crippen LogP) is 3.17. The number of rotatable bonds is 6. The number of imide groups is 1. The molecular weight excluding hydrogens is 364 g/mol. The van der Waals surface area contributed by atoms with E-state index in [-0.39, 0.29) is 12.5 Å². The highest BCUT2D eigenvalue weighted by atomic mass is 32.1. The van der Waals surface area contributed by atoms with Gasteiger partial charge in [-0.25, -0.2) is 9.78 Å². The molecule has 2 heterocycles. The van der Waals surface area contributed by atoms with Crippen molar-refractivity contribution in [3.8, 4) is 11.3 Å². The highest BCUT2D eigenvalue weighted by Crippen LogP contribution is 2.26. The van der Waals surface area contributed by atoms with E-state index in [9.17, 15) is 14.4 Å². The van der Waals surface area contributed by atoms with Gasteiger partial charge in [0, 0.05) is 16.6 Å². The normalized spacial score (nSPS) is 15.7. The molecule has 0 atom stereocenters. The number of carbonyl (C=O) groups excluding carboxylic acids is 3. The molecule has 1 aliphatic heterocycles. The lowest BCUT2D eigenvalue weighted by atomic mass is 9.93. The Kier molecular flexibility index (Phi) is 5.27. The maximum Gasteiger partial charge on any atom is 0.325 e. The number of amides is 4. The molecule has 0 bridgehead atoms. The van der Waals surface area contributed by atoms with E-state index in [4.69, 9.17) is 0 Å². The number of aryl methyl sites for hydroxylation is 1. The van der Waals surface area contributed by atoms with Crippen LogP contribution < -0.4 is 10.6 Å². The van der Waals surface area contributed by atoms with Crippen molar-refractivity contribution in [1.82, 2.24) is 15.2 Å². The van der Waals surface area contributed by atoms with Crippen LogP contribution in [-0.4, -0.2) is 39.8 Å². The van der Waals surface area contributed by atoms with Crippen LogP contribution in [-0.2, 0) is 9.59 Å². The molecule has 0 radical (unpaired) electrons. The third-order valence-electron chi connectivity index (χ3n) is 4.82. The Morgan fingerprint density at radius 3 is 2.63 bits per heavy atom. The Morgan fingerprint density at radius 1 is 1.30 bits per heavy atom. The summed E-state index contributed by atoms with van der Waals surface area (Å²) in [7, 11) is 0. The van der Waals surface area contributed by atoms with Crippen LogP contribution in [0.1, 0.15) is 31.7 Å². The Hall–Kier alpha value is -2.74. The minimum Gasteiger partial charge on any atom is -0.325 e. The van der Waals surface area contributed by atoms with Gasteiger partial charge >= 0.3 is 6.03 Å². The monoisotopic (exact) mass is 386 g/mol. The van der Waals surface area contributed by atoms with Crippen molar-refractivity contribution in [2.24, 2.45) is 0 Å². The number of anilines is 1. The van der Waals surface area contributed by atoms with Crippen molar-refractivity contribution in [2.75, 3.05) is 11.9 Å². The molecule has 142 valence electrons. The molecule has 2 aromatic rings. The van der Waals surface area contributed by atoms with Gasteiger partial charge < -0.3 is 10.6 Å². The first kappa shape index (κ1) is 19.0. The van der Waals surface area contributed by atoms with Crippen LogP contribution in [0.5, 0.6) is 0 Å². The molecule has 27 heavy (non-hydrogen) atoms. The first-order valence-corrected chi connectivity index (χ1v) is 9.73. The SMILES string of the molecule is CCC1(CC)NC(=O)N(CC(=O)Nc2cccc(-c3csc(C)n3)c2)C1=O. The lowest BCUT2D eigenvalue weighted by molar-refractivity contribution is -0.134. The smallest absolute Gasteiger partial charge is 0.325 e. The summed E-state index contributed by atoms with van der Waals surface area (Å²) in [6.45, 7) is 5.31. The first-order valence-electron chi connectivity index (χ1n) is 8.85. The fourth-order valence-electron chi connectivity index (χ4n) is 3.15. The first-order chi connectivity index (χ1) is 12.9. The van der Waals surface area contributed by atoms with Crippen LogP contribution in [0.3, 0.4) is 0 Å². The van der Waals surface area contributed by atoms with Crippen LogP contribution in [0.25, 0.3) is 11.3 Å². The van der Waals surface area contributed by atoms with Crippen molar-refractivity contribution in [3.63, 3.8) is 0 Å². The van der Waals surface area contributed by atoms with E-state index in [1.807, 2.05) is 44.4 Å². The summed E-state index contributed by atoms with van der Waals surface area (Å²) >= 11 is 1.56. The highest BCUT2D eigenvalue weighted by Gasteiger charge is 2.49. The number of benzene rings is 1. The summed E-state index contributed by atoms with van der Waals surface area (Å²) < 4.78 is 0. The Morgan fingerprint density at radius 2 is 2.04 bits per heavy atom. The summed E-state index contributed by atoms with van der Waals surface area (Å²) in [6, 6.07) is 6.80. The molecule has 0 saturated carbocycles. The zero-order valence-electron chi connectivity index (χ0n) is 15.5. The summed E-state index contributed by atoms with van der Waals surface area (Å²) in [5, 5.41) is 8.40. The summed E-state index contributed by atoms with van der Waals surface area (Å²) in [4.78, 5) is 42.6. The van der Waals surface area contributed by atoms with Gasteiger partial charge in [0.2, 0.25) is 5.91 Å². The number of urea groups is 1. The van der Waals surface area contributed by atoms with E-state index >= 15 is 0 Å². The Labute approximate surface area is 161 Å². The zero-order chi connectivity index (χ0) is 19.6. The molecule has 1 saturated heterocycles. The molecule has 3 rings (SSSR count). The third-order valence-corrected chi connectivity index (χ3v) is 5.59. The molecule has 7 nitrogen and oxygen atoms in total. The van der Waals surface area contributed by atoms with Crippen LogP contribution in [0.2, 0.25) is 0 Å². The van der Waals surface area contributed by atoms with Crippen LogP contribution >= 0.6 is 11.3 Å². The van der Waals surface area contributed by atoms with Gasteiger partial charge in [-0.15, -0.1) is 11.3 Å². The van der Waals surface area contributed by atoms with E-state index in [0.29, 0.717) is 18.5 Å². The fraction of sp³-hybridized carbons (Fsp3) is 0.368. The standard InChI is InChI=1S/C19H22N4O3S/c1-4-19(5-2)17(25)23(18(26)22-19)10-16(24)21-14-8-6-7-13(9-14)15-11-27-12(3)20-15/h6-9,11H,4-5,10H2,1-3H3,(H,21,24)(H,22,26). The van der Waals surface area contributed by atoms with E-state index < -0.39 is 17.5 Å². The molecule has 1 fully saturated rings. The average molecular weight is 386 g/mol. The van der Waals surface area contributed by atoms with E-state index in [1.165, 1.54) is 0 Å². The minimum atomic E-state index is -0.903. The zero-order valence-corrected chi connectivity index (χ0v) is 16.4. The second-order valence-electron chi connectivity index (χ2n) is 6.49. The molecule has 4 amide bonds. The lowest BCUT2D eigenvalue weighted by Gasteiger charge is -2.23. The maximum atomic E-state index is 12.6. The van der Waals surface area contributed by atoms with Crippen molar-refractivity contribution in [3.05, 3.63) is 34.7 Å². The van der Waals surface area contributed by atoms with Crippen molar-refractivity contribution >= 4 is 34.9 Å². The molecule has 2 N–H and O–H groups in total. The van der Waals surface area contributed by atoms with Crippen molar-refractivity contribution in [1.29, 1.82) is 0 Å². The number of nitrogens with one attached hydrogen (secondary N) is 2. The number of thiazole rings is 1. The fourth-order valence-corrected chi connectivity index (χ4v) is 3.77. The van der Waals surface area contributed by atoms with Gasteiger partial charge in [-0.3, -0.25) is 14.5 Å². The van der Waals surface area contributed by atoms with Gasteiger partial charge in [-0.2, -0.15) is 0 Å². The molecule has 0 unspecified atom stereocenters. The summed E-state index contributed by atoms with van der Waals surface area (Å²) in [6.07, 6.45) is 0.975. The molecule has 1 aromatic carbocycles. The lowest BCUT2D eigenvalue weighted by Crippen LogP contribution is -2.46.